The molecular weight excluding hydrogens is 144 g/mol. The van der Waals surface area contributed by atoms with Crippen LogP contribution in [0, 0.1) is 0 Å². The smallest absolute Gasteiger partial charge is 0.122 e. The molecule has 3 atom stereocenters. The maximum absolute atomic E-state index is 9.46. The molecule has 0 saturated carbocycles. The van der Waals surface area contributed by atoms with Gasteiger partial charge in [-0.15, -0.1) is 0 Å². The fraction of sp³-hybridized carbons (Fsp3) is 1.00. The highest BCUT2D eigenvalue weighted by atomic mass is 16.6. The molecule has 3 nitrogen and oxygen atoms in total. The fourth-order valence-electron chi connectivity index (χ4n) is 1.62. The van der Waals surface area contributed by atoms with E-state index in [-0.39, 0.29) is 5.60 Å². The Labute approximate surface area is 66.3 Å². The summed E-state index contributed by atoms with van der Waals surface area (Å²) in [6, 6.07) is 0. The molecule has 0 aliphatic carbocycles. The summed E-state index contributed by atoms with van der Waals surface area (Å²) in [5.41, 5.74) is -0.209. The Kier molecular flexibility index (Phi) is 1.67. The molecule has 0 aromatic rings. The monoisotopic (exact) mass is 158 g/mol. The van der Waals surface area contributed by atoms with Gasteiger partial charge in [-0.05, 0) is 6.42 Å². The van der Waals surface area contributed by atoms with Crippen LogP contribution in [0.2, 0.25) is 0 Å². The second-order valence-electron chi connectivity index (χ2n) is 3.44. The summed E-state index contributed by atoms with van der Waals surface area (Å²) in [6.45, 7) is 3.25. The van der Waals surface area contributed by atoms with E-state index in [0.717, 1.165) is 12.8 Å². The predicted octanol–water partition coefficient (Wildman–Crippen LogP) is 0.315. The summed E-state index contributed by atoms with van der Waals surface area (Å²) in [4.78, 5) is 0. The maximum atomic E-state index is 9.46. The summed E-state index contributed by atoms with van der Waals surface area (Å²) < 4.78 is 10.6. The molecule has 3 heteroatoms. The molecule has 0 amide bonds. The average Bonchev–Trinajstić information content (AvgIpc) is 2.77. The Bertz CT molecular complexity index is 153. The molecule has 2 heterocycles. The second kappa shape index (κ2) is 2.44. The van der Waals surface area contributed by atoms with Crippen molar-refractivity contribution in [1.29, 1.82) is 0 Å². The van der Waals surface area contributed by atoms with Gasteiger partial charge >= 0.3 is 0 Å². The van der Waals surface area contributed by atoms with Crippen molar-refractivity contribution in [2.75, 3.05) is 13.2 Å². The number of ether oxygens (including phenoxy) is 2. The van der Waals surface area contributed by atoms with E-state index in [1.165, 1.54) is 0 Å². The van der Waals surface area contributed by atoms with Gasteiger partial charge in [-0.2, -0.15) is 0 Å². The van der Waals surface area contributed by atoms with Crippen LogP contribution in [-0.2, 0) is 9.47 Å². The van der Waals surface area contributed by atoms with Crippen LogP contribution >= 0.6 is 0 Å². The molecule has 0 radical (unpaired) electrons. The molecule has 0 bridgehead atoms. The first-order chi connectivity index (χ1) is 5.27. The minimum absolute atomic E-state index is 0.209. The molecule has 2 rings (SSSR count). The van der Waals surface area contributed by atoms with E-state index < -0.39 is 6.10 Å². The van der Waals surface area contributed by atoms with Crippen LogP contribution in [0.25, 0.3) is 0 Å². The Hall–Kier alpha value is -0.120. The van der Waals surface area contributed by atoms with E-state index in [0.29, 0.717) is 19.3 Å². The molecule has 11 heavy (non-hydrogen) atoms. The molecule has 1 spiro atoms. The van der Waals surface area contributed by atoms with E-state index in [1.54, 1.807) is 0 Å². The molecule has 2 fully saturated rings. The third-order valence-corrected chi connectivity index (χ3v) is 2.64. The molecule has 2 aliphatic rings. The molecular formula is C8H14O3. The van der Waals surface area contributed by atoms with Crippen molar-refractivity contribution < 1.29 is 14.6 Å². The first kappa shape index (κ1) is 7.53. The molecule has 2 unspecified atom stereocenters. The third-order valence-electron chi connectivity index (χ3n) is 2.64. The number of rotatable bonds is 1. The van der Waals surface area contributed by atoms with Gasteiger partial charge in [0.25, 0.3) is 0 Å². The van der Waals surface area contributed by atoms with Crippen LogP contribution in [0.4, 0.5) is 0 Å². The van der Waals surface area contributed by atoms with Crippen LogP contribution in [0.15, 0.2) is 0 Å². The fourth-order valence-corrected chi connectivity index (χ4v) is 1.62. The quantitative estimate of drug-likeness (QED) is 0.559. The molecule has 2 aliphatic heterocycles. The first-order valence-corrected chi connectivity index (χ1v) is 4.20. The largest absolute Gasteiger partial charge is 0.388 e. The number of aliphatic hydroxyl groups is 1. The van der Waals surface area contributed by atoms with E-state index in [1.807, 2.05) is 0 Å². The lowest BCUT2D eigenvalue weighted by Gasteiger charge is -2.30. The summed E-state index contributed by atoms with van der Waals surface area (Å²) in [6.07, 6.45) is 1.77. The number of hydrogen-bond donors (Lipinski definition) is 1. The van der Waals surface area contributed by atoms with Crippen LogP contribution < -0.4 is 0 Å². The normalized spacial score (nSPS) is 49.6. The van der Waals surface area contributed by atoms with Gasteiger partial charge in [0.2, 0.25) is 0 Å². The Morgan fingerprint density at radius 1 is 1.64 bits per heavy atom. The van der Waals surface area contributed by atoms with Crippen molar-refractivity contribution in [3.05, 3.63) is 0 Å². The van der Waals surface area contributed by atoms with Crippen LogP contribution in [0.1, 0.15) is 19.8 Å². The molecule has 1 N–H and O–H groups in total. The van der Waals surface area contributed by atoms with E-state index in [4.69, 9.17) is 9.47 Å². The lowest BCUT2D eigenvalue weighted by atomic mass is 9.93. The van der Waals surface area contributed by atoms with Gasteiger partial charge in [-0.3, -0.25) is 0 Å². The van der Waals surface area contributed by atoms with Crippen molar-refractivity contribution in [2.45, 2.75) is 37.6 Å². The average molecular weight is 158 g/mol. The summed E-state index contributed by atoms with van der Waals surface area (Å²) >= 11 is 0. The molecule has 64 valence electrons. The zero-order valence-corrected chi connectivity index (χ0v) is 6.75. The number of aliphatic hydroxyl groups excluding tert-OH is 1. The Morgan fingerprint density at radius 3 is 2.91 bits per heavy atom. The van der Waals surface area contributed by atoms with Gasteiger partial charge in [0, 0.05) is 6.42 Å². The van der Waals surface area contributed by atoms with Gasteiger partial charge in [-0.1, -0.05) is 6.92 Å². The highest BCUT2D eigenvalue weighted by Gasteiger charge is 2.54. The minimum atomic E-state index is -0.398. The molecule has 2 saturated heterocycles. The minimum Gasteiger partial charge on any atom is -0.388 e. The lowest BCUT2D eigenvalue weighted by Crippen LogP contribution is -2.43. The lowest BCUT2D eigenvalue weighted by molar-refractivity contribution is -0.0988. The van der Waals surface area contributed by atoms with E-state index in [2.05, 4.69) is 6.92 Å². The van der Waals surface area contributed by atoms with E-state index in [9.17, 15) is 5.11 Å². The zero-order valence-electron chi connectivity index (χ0n) is 6.75. The van der Waals surface area contributed by atoms with Crippen molar-refractivity contribution in [3.63, 3.8) is 0 Å². The Balaban J connectivity index is 1.98. The van der Waals surface area contributed by atoms with Crippen molar-refractivity contribution in [2.24, 2.45) is 0 Å². The van der Waals surface area contributed by atoms with Gasteiger partial charge in [-0.25, -0.2) is 0 Å². The highest BCUT2D eigenvalue weighted by molar-refractivity contribution is 5.02. The topological polar surface area (TPSA) is 42.0 Å². The first-order valence-electron chi connectivity index (χ1n) is 4.20. The maximum Gasteiger partial charge on any atom is 0.122 e. The van der Waals surface area contributed by atoms with Crippen molar-refractivity contribution in [1.82, 2.24) is 0 Å². The van der Waals surface area contributed by atoms with Crippen molar-refractivity contribution in [3.8, 4) is 0 Å². The van der Waals surface area contributed by atoms with Gasteiger partial charge in [0.15, 0.2) is 0 Å². The van der Waals surface area contributed by atoms with Crippen LogP contribution in [0.5, 0.6) is 0 Å². The van der Waals surface area contributed by atoms with Crippen LogP contribution in [-0.4, -0.2) is 36.1 Å². The van der Waals surface area contributed by atoms with E-state index >= 15 is 0 Å². The zero-order chi connectivity index (χ0) is 7.90. The number of hydrogen-bond acceptors (Lipinski definition) is 3. The molecule has 0 aromatic carbocycles. The van der Waals surface area contributed by atoms with Crippen molar-refractivity contribution >= 4 is 0 Å². The second-order valence-corrected chi connectivity index (χ2v) is 3.44. The predicted molar refractivity (Wildman–Crippen MR) is 39.3 cm³/mol. The summed E-state index contributed by atoms with van der Waals surface area (Å²) in [7, 11) is 0. The van der Waals surface area contributed by atoms with Gasteiger partial charge in [0.05, 0.1) is 19.3 Å². The Morgan fingerprint density at radius 2 is 2.36 bits per heavy atom. The van der Waals surface area contributed by atoms with Gasteiger partial charge in [0.1, 0.15) is 11.7 Å². The van der Waals surface area contributed by atoms with Crippen LogP contribution in [0.3, 0.4) is 0 Å². The molecule has 0 aromatic heterocycles. The van der Waals surface area contributed by atoms with Gasteiger partial charge < -0.3 is 14.6 Å². The third kappa shape index (κ3) is 1.17. The SMILES string of the molecule is CC[C@@H]1CC2(CO2)C(O)CO1. The summed E-state index contributed by atoms with van der Waals surface area (Å²) in [5.74, 6) is 0. The highest BCUT2D eigenvalue weighted by Crippen LogP contribution is 2.40. The summed E-state index contributed by atoms with van der Waals surface area (Å²) in [5, 5.41) is 9.46. The standard InChI is InChI=1S/C8H14O3/c1-2-6-3-8(5-11-8)7(9)4-10-6/h6-7,9H,2-5H2,1H3/t6-,7?,8?/m1/s1. The number of epoxide rings is 1.